The molecule has 2 aromatic carbocycles. The molecule has 0 spiro atoms. The van der Waals surface area contributed by atoms with E-state index in [4.69, 9.17) is 11.6 Å². The summed E-state index contributed by atoms with van der Waals surface area (Å²) in [5.41, 5.74) is 0.842. The zero-order valence-electron chi connectivity index (χ0n) is 13.8. The van der Waals surface area contributed by atoms with Crippen LogP contribution in [0.4, 0.5) is 18.9 Å². The number of Topliss-reactive ketones (excluding diaryl/α,β-unsaturated/α-hetero) is 1. The number of benzene rings is 2. The van der Waals surface area contributed by atoms with Crippen LogP contribution in [-0.2, 0) is 4.79 Å². The van der Waals surface area contributed by atoms with Gasteiger partial charge in [0.25, 0.3) is 5.78 Å². The van der Waals surface area contributed by atoms with E-state index in [-0.39, 0.29) is 11.3 Å². The lowest BCUT2D eigenvalue weighted by atomic mass is 10.1. The summed E-state index contributed by atoms with van der Waals surface area (Å²) in [4.78, 5) is 11.7. The second-order valence-corrected chi connectivity index (χ2v) is 5.94. The summed E-state index contributed by atoms with van der Waals surface area (Å²) in [5.74, 6) is -3.23. The van der Waals surface area contributed by atoms with Crippen molar-refractivity contribution in [2.24, 2.45) is 10.2 Å². The average molecular weight is 383 g/mol. The first-order chi connectivity index (χ1) is 12.1. The van der Waals surface area contributed by atoms with E-state index in [2.05, 4.69) is 10.2 Å². The quantitative estimate of drug-likeness (QED) is 0.394. The fourth-order valence-corrected chi connectivity index (χ4v) is 2.10. The van der Waals surface area contributed by atoms with Crippen LogP contribution in [0.1, 0.15) is 16.7 Å². The second-order valence-electron chi connectivity index (χ2n) is 5.50. The average Bonchev–Trinajstić information content (AvgIpc) is 2.57. The minimum Gasteiger partial charge on any atom is -0.505 e. The van der Waals surface area contributed by atoms with Gasteiger partial charge in [-0.25, -0.2) is 0 Å². The predicted octanol–water partition coefficient (Wildman–Crippen LogP) is 6.10. The van der Waals surface area contributed by atoms with Gasteiger partial charge in [0, 0.05) is 10.6 Å². The van der Waals surface area contributed by atoms with Crippen molar-refractivity contribution in [2.75, 3.05) is 0 Å². The first-order valence-electron chi connectivity index (χ1n) is 7.39. The number of ketones is 1. The molecule has 0 atom stereocenters. The molecule has 0 fully saturated rings. The number of halogens is 4. The Kier molecular flexibility index (Phi) is 5.82. The fraction of sp³-hybridized carbons (Fsp3) is 0.167. The van der Waals surface area contributed by atoms with Gasteiger partial charge in [-0.1, -0.05) is 17.7 Å². The summed E-state index contributed by atoms with van der Waals surface area (Å²) in [6, 6.07) is 10.1. The molecule has 1 N–H and O–H groups in total. The molecule has 0 saturated heterocycles. The van der Waals surface area contributed by atoms with Crippen LogP contribution < -0.4 is 0 Å². The zero-order valence-corrected chi connectivity index (χ0v) is 14.6. The Hall–Kier alpha value is -2.67. The van der Waals surface area contributed by atoms with Crippen LogP contribution in [0, 0.1) is 13.8 Å². The van der Waals surface area contributed by atoms with Crippen molar-refractivity contribution in [3.05, 3.63) is 69.9 Å². The fourth-order valence-electron chi connectivity index (χ4n) is 1.97. The standard InChI is InChI=1S/C18H14ClF3N2O2/c1-10-3-8-14(9-11(10)2)23-24-15(17(26)18(20,21)22)16(25)12-4-6-13(19)7-5-12/h3-9,25H,1-2H3/b16-15+,24-23?. The maximum Gasteiger partial charge on any atom is 0.456 e. The molecule has 0 aliphatic rings. The minimum absolute atomic E-state index is 0.0407. The Labute approximate surface area is 152 Å². The Morgan fingerprint density at radius 1 is 1.04 bits per heavy atom. The maximum absolute atomic E-state index is 12.9. The lowest BCUT2D eigenvalue weighted by molar-refractivity contribution is -0.166. The summed E-state index contributed by atoms with van der Waals surface area (Å²) in [6.45, 7) is 3.66. The van der Waals surface area contributed by atoms with E-state index in [0.717, 1.165) is 11.1 Å². The maximum atomic E-state index is 12.9. The lowest BCUT2D eigenvalue weighted by Crippen LogP contribution is -2.24. The summed E-state index contributed by atoms with van der Waals surface area (Å²) in [6.07, 6.45) is -5.21. The molecule has 0 aliphatic carbocycles. The number of allylic oxidation sites excluding steroid dienone is 1. The third kappa shape index (κ3) is 4.70. The molecule has 0 bridgehead atoms. The second kappa shape index (κ2) is 7.70. The number of aliphatic hydroxyl groups is 1. The number of alkyl halides is 3. The number of hydrogen-bond donors (Lipinski definition) is 1. The Morgan fingerprint density at radius 3 is 2.19 bits per heavy atom. The molecule has 2 rings (SSSR count). The van der Waals surface area contributed by atoms with Gasteiger partial charge in [-0.15, -0.1) is 5.11 Å². The molecule has 26 heavy (non-hydrogen) atoms. The van der Waals surface area contributed by atoms with Gasteiger partial charge in [-0.3, -0.25) is 4.79 Å². The largest absolute Gasteiger partial charge is 0.505 e. The van der Waals surface area contributed by atoms with E-state index < -0.39 is 23.4 Å². The number of rotatable bonds is 4. The highest BCUT2D eigenvalue weighted by Crippen LogP contribution is 2.28. The van der Waals surface area contributed by atoms with Crippen molar-refractivity contribution in [3.63, 3.8) is 0 Å². The Bertz CT molecular complexity index is 888. The van der Waals surface area contributed by atoms with E-state index in [9.17, 15) is 23.1 Å². The van der Waals surface area contributed by atoms with E-state index in [0.29, 0.717) is 5.02 Å². The molecule has 8 heteroatoms. The molecule has 0 radical (unpaired) electrons. The van der Waals surface area contributed by atoms with E-state index in [1.807, 2.05) is 6.92 Å². The number of hydrogen-bond acceptors (Lipinski definition) is 4. The van der Waals surface area contributed by atoms with Gasteiger partial charge >= 0.3 is 6.18 Å². The summed E-state index contributed by atoms with van der Waals surface area (Å²) < 4.78 is 38.6. The molecule has 0 aromatic heterocycles. The number of nitrogens with zero attached hydrogens (tertiary/aromatic N) is 2. The number of azo groups is 1. The lowest BCUT2D eigenvalue weighted by Gasteiger charge is -2.08. The number of carbonyl (C=O) groups excluding carboxylic acids is 1. The van der Waals surface area contributed by atoms with Crippen LogP contribution in [0.25, 0.3) is 5.76 Å². The third-order valence-corrected chi connectivity index (χ3v) is 3.82. The monoisotopic (exact) mass is 382 g/mol. The summed E-state index contributed by atoms with van der Waals surface area (Å²) in [5, 5.41) is 17.5. The first kappa shape index (κ1) is 19.7. The Morgan fingerprint density at radius 2 is 1.65 bits per heavy atom. The van der Waals surface area contributed by atoms with E-state index >= 15 is 0 Å². The van der Waals surface area contributed by atoms with Crippen molar-refractivity contribution in [3.8, 4) is 0 Å². The number of aryl methyl sites for hydroxylation is 2. The van der Waals surface area contributed by atoms with Gasteiger partial charge in [-0.2, -0.15) is 18.3 Å². The molecule has 0 unspecified atom stereocenters. The van der Waals surface area contributed by atoms with E-state index in [1.165, 1.54) is 24.3 Å². The molecule has 0 aliphatic heterocycles. The third-order valence-electron chi connectivity index (χ3n) is 3.57. The summed E-state index contributed by atoms with van der Waals surface area (Å²) in [7, 11) is 0. The highest BCUT2D eigenvalue weighted by Gasteiger charge is 2.43. The van der Waals surface area contributed by atoms with Crippen LogP contribution in [0.2, 0.25) is 5.02 Å². The van der Waals surface area contributed by atoms with Gasteiger partial charge in [0.15, 0.2) is 11.5 Å². The van der Waals surface area contributed by atoms with E-state index in [1.54, 1.807) is 25.1 Å². The normalized spacial score (nSPS) is 13.0. The van der Waals surface area contributed by atoms with Gasteiger partial charge in [0.1, 0.15) is 0 Å². The molecule has 136 valence electrons. The van der Waals surface area contributed by atoms with Crippen molar-refractivity contribution in [1.82, 2.24) is 0 Å². The van der Waals surface area contributed by atoms with Crippen molar-refractivity contribution < 1.29 is 23.1 Å². The van der Waals surface area contributed by atoms with Crippen LogP contribution in [0.5, 0.6) is 0 Å². The number of carbonyl (C=O) groups is 1. The highest BCUT2D eigenvalue weighted by molar-refractivity contribution is 6.30. The smallest absolute Gasteiger partial charge is 0.456 e. The molecular weight excluding hydrogens is 369 g/mol. The van der Waals surface area contributed by atoms with Crippen molar-refractivity contribution >= 4 is 28.8 Å². The molecular formula is C18H14ClF3N2O2. The molecule has 2 aromatic rings. The van der Waals surface area contributed by atoms with Gasteiger partial charge in [-0.05, 0) is 61.4 Å². The van der Waals surface area contributed by atoms with Crippen LogP contribution in [0.15, 0.2) is 58.4 Å². The zero-order chi connectivity index (χ0) is 19.5. The van der Waals surface area contributed by atoms with Gasteiger partial charge in [0.05, 0.1) is 5.69 Å². The Balaban J connectivity index is 2.52. The van der Waals surface area contributed by atoms with Crippen molar-refractivity contribution in [2.45, 2.75) is 20.0 Å². The van der Waals surface area contributed by atoms with Crippen LogP contribution in [-0.4, -0.2) is 17.1 Å². The molecule has 4 nitrogen and oxygen atoms in total. The molecule has 0 amide bonds. The molecule has 0 saturated carbocycles. The highest BCUT2D eigenvalue weighted by atomic mass is 35.5. The first-order valence-corrected chi connectivity index (χ1v) is 7.77. The predicted molar refractivity (Wildman–Crippen MR) is 92.5 cm³/mol. The van der Waals surface area contributed by atoms with Crippen molar-refractivity contribution in [1.29, 1.82) is 0 Å². The molecule has 0 heterocycles. The number of aliphatic hydroxyl groups excluding tert-OH is 1. The summed E-state index contributed by atoms with van der Waals surface area (Å²) >= 11 is 5.71. The van der Waals surface area contributed by atoms with Crippen LogP contribution >= 0.6 is 11.6 Å². The minimum atomic E-state index is -5.21. The SMILES string of the molecule is Cc1ccc(N=N/C(C(=O)C(F)(F)F)=C(/O)c2ccc(Cl)cc2)cc1C. The van der Waals surface area contributed by atoms with Crippen LogP contribution in [0.3, 0.4) is 0 Å². The van der Waals surface area contributed by atoms with Gasteiger partial charge < -0.3 is 5.11 Å². The topological polar surface area (TPSA) is 62.0 Å². The van der Waals surface area contributed by atoms with Gasteiger partial charge in [0.2, 0.25) is 0 Å².